The standard InChI is InChI=1S/C42H26O2/c43-30-23-28(32-18-9-11-26-10-1-2-12-31(26)32)22-29(24-30)42-36-16-5-3-14-34(36)41(35-15-4-6-17-37(35)42)27-20-21-40-38(25-27)33-13-7-8-19-39(33)44-40/h1-25,43H/i7D,8D,13D,19D,20D,21D,22D,23D,24D,25D. The fourth-order valence-corrected chi connectivity index (χ4v) is 6.25. The number of fused-ring (bicyclic) bond motifs is 6. The van der Waals surface area contributed by atoms with Gasteiger partial charge in [-0.05, 0) is 102 Å². The Kier molecular flexibility index (Phi) is 3.64. The van der Waals surface area contributed by atoms with Gasteiger partial charge in [0.15, 0.2) is 0 Å². The molecule has 44 heavy (non-hydrogen) atoms. The summed E-state index contributed by atoms with van der Waals surface area (Å²) < 4.78 is 95.1. The molecule has 0 aliphatic heterocycles. The molecule has 0 bridgehead atoms. The van der Waals surface area contributed by atoms with E-state index in [4.69, 9.17) is 12.6 Å². The molecule has 206 valence electrons. The van der Waals surface area contributed by atoms with Crippen LogP contribution in [0.5, 0.6) is 5.75 Å². The Balaban J connectivity index is 1.44. The molecule has 0 aliphatic rings. The molecule has 9 aromatic rings. The van der Waals surface area contributed by atoms with Gasteiger partial charge in [-0.2, -0.15) is 0 Å². The van der Waals surface area contributed by atoms with E-state index in [1.54, 1.807) is 54.6 Å². The van der Waals surface area contributed by atoms with Crippen LogP contribution in [0.4, 0.5) is 0 Å². The molecular weight excluding hydrogens is 536 g/mol. The lowest BCUT2D eigenvalue weighted by atomic mass is 9.85. The highest BCUT2D eigenvalue weighted by Crippen LogP contribution is 2.46. The summed E-state index contributed by atoms with van der Waals surface area (Å²) >= 11 is 0. The van der Waals surface area contributed by atoms with Crippen molar-refractivity contribution in [3.8, 4) is 39.1 Å². The predicted molar refractivity (Wildman–Crippen MR) is 184 cm³/mol. The topological polar surface area (TPSA) is 33.4 Å². The summed E-state index contributed by atoms with van der Waals surface area (Å²) in [6.07, 6.45) is 0. The highest BCUT2D eigenvalue weighted by molar-refractivity contribution is 6.22. The number of phenols is 1. The number of rotatable bonds is 3. The number of para-hydroxylation sites is 1. The molecule has 8 aromatic carbocycles. The van der Waals surface area contributed by atoms with Gasteiger partial charge in [-0.1, -0.05) is 115 Å². The predicted octanol–water partition coefficient (Wildman–Crippen LogP) is 11.8. The molecule has 0 atom stereocenters. The summed E-state index contributed by atoms with van der Waals surface area (Å²) in [6.45, 7) is 0. The van der Waals surface area contributed by atoms with Crippen molar-refractivity contribution >= 4 is 54.3 Å². The third kappa shape index (κ3) is 3.75. The number of hydrogen-bond donors (Lipinski definition) is 1. The van der Waals surface area contributed by atoms with Crippen LogP contribution < -0.4 is 0 Å². The third-order valence-electron chi connectivity index (χ3n) is 8.11. The van der Waals surface area contributed by atoms with E-state index in [0.29, 0.717) is 38.2 Å². The van der Waals surface area contributed by atoms with Gasteiger partial charge in [0.2, 0.25) is 0 Å². The Hall–Kier alpha value is -5.86. The molecule has 0 radical (unpaired) electrons. The van der Waals surface area contributed by atoms with Crippen molar-refractivity contribution in [1.29, 1.82) is 0 Å². The van der Waals surface area contributed by atoms with E-state index in [-0.39, 0.29) is 68.8 Å². The molecule has 0 unspecified atom stereocenters. The lowest BCUT2D eigenvalue weighted by Gasteiger charge is -2.18. The lowest BCUT2D eigenvalue weighted by molar-refractivity contribution is 0.476. The second-order valence-corrected chi connectivity index (χ2v) is 10.6. The molecule has 2 nitrogen and oxygen atoms in total. The molecule has 1 heterocycles. The van der Waals surface area contributed by atoms with Gasteiger partial charge < -0.3 is 9.52 Å². The van der Waals surface area contributed by atoms with Crippen LogP contribution in [0.3, 0.4) is 0 Å². The van der Waals surface area contributed by atoms with Crippen molar-refractivity contribution in [3.63, 3.8) is 0 Å². The monoisotopic (exact) mass is 572 g/mol. The van der Waals surface area contributed by atoms with E-state index in [0.717, 1.165) is 10.8 Å². The highest BCUT2D eigenvalue weighted by atomic mass is 16.3. The van der Waals surface area contributed by atoms with Gasteiger partial charge in [-0.15, -0.1) is 0 Å². The number of benzene rings is 8. The minimum atomic E-state index is -0.580. The highest BCUT2D eigenvalue weighted by Gasteiger charge is 2.19. The van der Waals surface area contributed by atoms with E-state index in [1.165, 1.54) is 0 Å². The summed E-state index contributed by atoms with van der Waals surface area (Å²) in [5.41, 5.74) is 1.30. The maximum absolute atomic E-state index is 11.4. The fourth-order valence-electron chi connectivity index (χ4n) is 6.25. The van der Waals surface area contributed by atoms with Crippen LogP contribution in [0.15, 0.2) is 156 Å². The number of furan rings is 1. The molecule has 1 aromatic heterocycles. The summed E-state index contributed by atoms with van der Waals surface area (Å²) in [6, 6.07) is 23.6. The van der Waals surface area contributed by atoms with Crippen molar-refractivity contribution in [2.75, 3.05) is 0 Å². The Labute approximate surface area is 268 Å². The molecule has 9 rings (SSSR count). The van der Waals surface area contributed by atoms with Crippen LogP contribution in [0.2, 0.25) is 0 Å². The van der Waals surface area contributed by atoms with Gasteiger partial charge in [0.25, 0.3) is 0 Å². The van der Waals surface area contributed by atoms with Crippen molar-refractivity contribution in [1.82, 2.24) is 0 Å². The Morgan fingerprint density at radius 2 is 1.05 bits per heavy atom. The Morgan fingerprint density at radius 1 is 0.455 bits per heavy atom. The van der Waals surface area contributed by atoms with Crippen molar-refractivity contribution in [2.24, 2.45) is 0 Å². The molecule has 0 aliphatic carbocycles. The van der Waals surface area contributed by atoms with Gasteiger partial charge >= 0.3 is 0 Å². The zero-order valence-electron chi connectivity index (χ0n) is 33.0. The molecular formula is C42H26O2. The first-order chi connectivity index (χ1) is 25.9. The molecule has 1 N–H and O–H groups in total. The van der Waals surface area contributed by atoms with Gasteiger partial charge in [-0.3, -0.25) is 0 Å². The van der Waals surface area contributed by atoms with Crippen LogP contribution in [0.25, 0.3) is 87.6 Å². The van der Waals surface area contributed by atoms with E-state index < -0.39 is 36.0 Å². The fraction of sp³-hybridized carbons (Fsp3) is 0. The average molecular weight is 573 g/mol. The minimum Gasteiger partial charge on any atom is -0.508 e. The minimum absolute atomic E-state index is 0.0113. The molecule has 0 fully saturated rings. The zero-order valence-corrected chi connectivity index (χ0v) is 23.0. The molecule has 0 saturated carbocycles. The molecule has 0 amide bonds. The first-order valence-electron chi connectivity index (χ1n) is 19.1. The van der Waals surface area contributed by atoms with Crippen LogP contribution in [0.1, 0.15) is 13.7 Å². The zero-order chi connectivity index (χ0) is 37.9. The van der Waals surface area contributed by atoms with E-state index in [2.05, 4.69) is 0 Å². The number of aromatic hydroxyl groups is 1. The third-order valence-corrected chi connectivity index (χ3v) is 8.11. The second kappa shape index (κ2) is 9.58. The van der Waals surface area contributed by atoms with Crippen LogP contribution in [-0.2, 0) is 0 Å². The van der Waals surface area contributed by atoms with Crippen molar-refractivity contribution in [2.45, 2.75) is 0 Å². The van der Waals surface area contributed by atoms with E-state index >= 15 is 0 Å². The van der Waals surface area contributed by atoms with Gasteiger partial charge in [0.1, 0.15) is 16.9 Å². The van der Waals surface area contributed by atoms with Gasteiger partial charge in [0.05, 0.1) is 13.7 Å². The van der Waals surface area contributed by atoms with Crippen LogP contribution in [-0.4, -0.2) is 5.11 Å². The number of hydrogen-bond acceptors (Lipinski definition) is 2. The first kappa shape index (κ1) is 16.7. The molecule has 2 heteroatoms. The molecule has 0 spiro atoms. The van der Waals surface area contributed by atoms with Gasteiger partial charge in [-0.25, -0.2) is 0 Å². The lowest BCUT2D eigenvalue weighted by Crippen LogP contribution is -1.91. The van der Waals surface area contributed by atoms with E-state index in [1.807, 2.05) is 36.4 Å². The van der Waals surface area contributed by atoms with Gasteiger partial charge in [0, 0.05) is 10.8 Å². The summed E-state index contributed by atoms with van der Waals surface area (Å²) in [5.74, 6) is -0.580. The maximum Gasteiger partial charge on any atom is 0.135 e. The average Bonchev–Trinajstić information content (AvgIpc) is 3.60. The van der Waals surface area contributed by atoms with E-state index in [9.17, 15) is 10.6 Å². The normalized spacial score (nSPS) is 14.9. The maximum atomic E-state index is 11.4. The molecule has 0 saturated heterocycles. The summed E-state index contributed by atoms with van der Waals surface area (Å²) in [7, 11) is 0. The Bertz CT molecular complexity index is 3070. The van der Waals surface area contributed by atoms with Crippen LogP contribution >= 0.6 is 0 Å². The smallest absolute Gasteiger partial charge is 0.135 e. The SMILES string of the molecule is [2H]c1c(O)c([2H])c(-c2c3ccccc3c(-c3c([2H])c([2H])c4oc5c([2H])c([2H])c([2H])c([2H])c5c4c3[2H])c3ccccc23)c([2H])c1-c1cccc2ccccc12. The first-order valence-corrected chi connectivity index (χ1v) is 14.1. The summed E-state index contributed by atoms with van der Waals surface area (Å²) in [4.78, 5) is 0. The largest absolute Gasteiger partial charge is 0.508 e. The van der Waals surface area contributed by atoms with Crippen molar-refractivity contribution in [3.05, 3.63) is 151 Å². The second-order valence-electron chi connectivity index (χ2n) is 10.6. The summed E-state index contributed by atoms with van der Waals surface area (Å²) in [5, 5.41) is 15.1. The van der Waals surface area contributed by atoms with Crippen molar-refractivity contribution < 1.29 is 23.2 Å². The number of phenolic OH excluding ortho intramolecular Hbond substituents is 1. The Morgan fingerprint density at radius 3 is 1.80 bits per heavy atom. The quantitative estimate of drug-likeness (QED) is 0.214. The van der Waals surface area contributed by atoms with Crippen LogP contribution in [0, 0.1) is 0 Å².